The summed E-state index contributed by atoms with van der Waals surface area (Å²) in [4.78, 5) is 17.4. The van der Waals surface area contributed by atoms with Crippen molar-refractivity contribution >= 4 is 17.5 Å². The first-order chi connectivity index (χ1) is 13.1. The number of benzene rings is 2. The normalized spacial score (nSPS) is 14.1. The molecule has 2 aromatic carbocycles. The highest BCUT2D eigenvalue weighted by atomic mass is 32.2. The van der Waals surface area contributed by atoms with Crippen LogP contribution < -0.4 is 0 Å². The van der Waals surface area contributed by atoms with Crippen LogP contribution >= 0.6 is 11.8 Å². The quantitative estimate of drug-likeness (QED) is 0.491. The van der Waals surface area contributed by atoms with Crippen LogP contribution in [0.2, 0.25) is 0 Å². The van der Waals surface area contributed by atoms with Crippen LogP contribution in [-0.4, -0.2) is 26.2 Å². The van der Waals surface area contributed by atoms with Gasteiger partial charge in [-0.15, -0.1) is 5.10 Å². The zero-order chi connectivity index (χ0) is 18.8. The third-order valence-electron chi connectivity index (χ3n) is 5.13. The zero-order valence-corrected chi connectivity index (χ0v) is 16.5. The average molecular weight is 378 g/mol. The van der Waals surface area contributed by atoms with Gasteiger partial charge in [0.15, 0.2) is 11.6 Å². The predicted octanol–water partition coefficient (Wildman–Crippen LogP) is 4.89. The van der Waals surface area contributed by atoms with E-state index in [4.69, 9.17) is 0 Å². The Labute approximate surface area is 163 Å². The highest BCUT2D eigenvalue weighted by Crippen LogP contribution is 2.27. The molecule has 27 heavy (non-hydrogen) atoms. The van der Waals surface area contributed by atoms with Crippen LogP contribution in [0.5, 0.6) is 0 Å². The third kappa shape index (κ3) is 3.83. The molecule has 0 unspecified atom stereocenters. The summed E-state index contributed by atoms with van der Waals surface area (Å²) in [6.45, 7) is 4.06. The first-order valence-electron chi connectivity index (χ1n) is 9.48. The van der Waals surface area contributed by atoms with Crippen LogP contribution in [0.25, 0.3) is 11.4 Å². The number of nitrogens with zero attached hydrogens (tertiary/aromatic N) is 2. The number of aromatic nitrogens is 3. The van der Waals surface area contributed by atoms with Gasteiger partial charge in [0.05, 0.1) is 5.25 Å². The summed E-state index contributed by atoms with van der Waals surface area (Å²) >= 11 is 1.40. The second-order valence-corrected chi connectivity index (χ2v) is 8.29. The maximum absolute atomic E-state index is 12.8. The Kier molecular flexibility index (Phi) is 5.12. The van der Waals surface area contributed by atoms with Gasteiger partial charge in [-0.2, -0.15) is 0 Å². The maximum Gasteiger partial charge on any atom is 0.209 e. The van der Waals surface area contributed by atoms with E-state index in [0.29, 0.717) is 5.16 Å². The fourth-order valence-corrected chi connectivity index (χ4v) is 4.30. The van der Waals surface area contributed by atoms with E-state index in [-0.39, 0.29) is 11.0 Å². The molecule has 0 bridgehead atoms. The number of Topliss-reactive ketones (excluding diaryl/α,β-unsaturated/α-hetero) is 1. The lowest BCUT2D eigenvalue weighted by Crippen LogP contribution is -2.14. The SMILES string of the molecule is CCc1ccc(-c2nc(S[C@@H](C)C(=O)c3ccc4c(c3)CCC4)n[nH]2)cc1. The fraction of sp³-hybridized carbons (Fsp3) is 0.318. The maximum atomic E-state index is 12.8. The molecule has 0 spiro atoms. The highest BCUT2D eigenvalue weighted by molar-refractivity contribution is 8.00. The second-order valence-electron chi connectivity index (χ2n) is 6.98. The number of hydrogen-bond acceptors (Lipinski definition) is 4. The van der Waals surface area contributed by atoms with Gasteiger partial charge in [-0.25, -0.2) is 4.98 Å². The number of thioether (sulfide) groups is 1. The number of aryl methyl sites for hydroxylation is 3. The summed E-state index contributed by atoms with van der Waals surface area (Å²) in [6, 6.07) is 14.4. The standard InChI is InChI=1S/C22H23N3OS/c1-3-15-7-9-17(10-8-15)21-23-22(25-24-21)27-14(2)20(26)19-12-11-16-5-4-6-18(16)13-19/h7-14H,3-6H2,1-2H3,(H,23,24,25)/t14-/m0/s1. The Morgan fingerprint density at radius 1 is 1.15 bits per heavy atom. The fourth-order valence-electron chi connectivity index (χ4n) is 3.50. The molecule has 5 heteroatoms. The minimum absolute atomic E-state index is 0.133. The summed E-state index contributed by atoms with van der Waals surface area (Å²) in [5.74, 6) is 0.866. The lowest BCUT2D eigenvalue weighted by molar-refractivity contribution is 0.0994. The third-order valence-corrected chi connectivity index (χ3v) is 6.10. The molecule has 0 amide bonds. The molecule has 1 atom stereocenters. The molecule has 0 aliphatic heterocycles. The van der Waals surface area contributed by atoms with Gasteiger partial charge >= 0.3 is 0 Å². The molecule has 4 nitrogen and oxygen atoms in total. The van der Waals surface area contributed by atoms with Gasteiger partial charge in [-0.1, -0.05) is 55.1 Å². The Morgan fingerprint density at radius 2 is 1.93 bits per heavy atom. The molecule has 1 aromatic heterocycles. The number of ketones is 1. The molecule has 3 aromatic rings. The van der Waals surface area contributed by atoms with Gasteiger partial charge in [-0.05, 0) is 55.4 Å². The van der Waals surface area contributed by atoms with Crippen molar-refractivity contribution in [1.29, 1.82) is 0 Å². The Hall–Kier alpha value is -2.40. The summed E-state index contributed by atoms with van der Waals surface area (Å²) in [5, 5.41) is 7.64. The van der Waals surface area contributed by atoms with E-state index in [1.807, 2.05) is 25.1 Å². The number of fused-ring (bicyclic) bond motifs is 1. The molecule has 1 aliphatic carbocycles. The number of hydrogen-bond donors (Lipinski definition) is 1. The smallest absolute Gasteiger partial charge is 0.209 e. The summed E-state index contributed by atoms with van der Waals surface area (Å²) in [6.07, 6.45) is 4.42. The number of carbonyl (C=O) groups is 1. The topological polar surface area (TPSA) is 58.6 Å². The number of carbonyl (C=O) groups excluding carboxylic acids is 1. The monoisotopic (exact) mass is 377 g/mol. The molecular formula is C22H23N3OS. The number of rotatable bonds is 6. The zero-order valence-electron chi connectivity index (χ0n) is 15.7. The van der Waals surface area contributed by atoms with E-state index >= 15 is 0 Å². The van der Waals surface area contributed by atoms with Crippen molar-refractivity contribution in [3.05, 3.63) is 64.7 Å². The van der Waals surface area contributed by atoms with E-state index < -0.39 is 0 Å². The van der Waals surface area contributed by atoms with Gasteiger partial charge < -0.3 is 0 Å². The molecule has 1 aliphatic rings. The van der Waals surface area contributed by atoms with Crippen LogP contribution in [0.3, 0.4) is 0 Å². The number of H-pyrrole nitrogens is 1. The highest BCUT2D eigenvalue weighted by Gasteiger charge is 2.21. The van der Waals surface area contributed by atoms with E-state index in [1.54, 1.807) is 0 Å². The van der Waals surface area contributed by atoms with Crippen LogP contribution in [0.1, 0.15) is 47.3 Å². The lowest BCUT2D eigenvalue weighted by Gasteiger charge is -2.09. The van der Waals surface area contributed by atoms with Crippen LogP contribution in [0.4, 0.5) is 0 Å². The molecular weight excluding hydrogens is 354 g/mol. The van der Waals surface area contributed by atoms with Gasteiger partial charge in [0.25, 0.3) is 0 Å². The molecule has 4 rings (SSSR count). The molecule has 138 valence electrons. The van der Waals surface area contributed by atoms with Crippen LogP contribution in [0, 0.1) is 0 Å². The second kappa shape index (κ2) is 7.69. The van der Waals surface area contributed by atoms with Gasteiger partial charge in [0.2, 0.25) is 5.16 Å². The minimum Gasteiger partial charge on any atom is -0.293 e. The molecule has 1 heterocycles. The van der Waals surface area contributed by atoms with Crippen molar-refractivity contribution in [2.75, 3.05) is 0 Å². The van der Waals surface area contributed by atoms with Crippen molar-refractivity contribution in [2.24, 2.45) is 0 Å². The summed E-state index contributed by atoms with van der Waals surface area (Å²) in [7, 11) is 0. The van der Waals surface area contributed by atoms with Crippen molar-refractivity contribution < 1.29 is 4.79 Å². The first kappa shape index (κ1) is 18.0. The van der Waals surface area contributed by atoms with Crippen molar-refractivity contribution in [3.8, 4) is 11.4 Å². The van der Waals surface area contributed by atoms with E-state index in [1.165, 1.54) is 34.9 Å². The number of nitrogens with one attached hydrogen (secondary N) is 1. The lowest BCUT2D eigenvalue weighted by atomic mass is 10.0. The first-order valence-corrected chi connectivity index (χ1v) is 10.4. The van der Waals surface area contributed by atoms with Crippen LogP contribution in [0.15, 0.2) is 47.6 Å². The van der Waals surface area contributed by atoms with Gasteiger partial charge in [0, 0.05) is 11.1 Å². The molecule has 0 fully saturated rings. The van der Waals surface area contributed by atoms with Gasteiger partial charge in [0.1, 0.15) is 0 Å². The number of aromatic amines is 1. The van der Waals surface area contributed by atoms with Crippen molar-refractivity contribution in [3.63, 3.8) is 0 Å². The molecule has 0 saturated carbocycles. The molecule has 0 saturated heterocycles. The minimum atomic E-state index is -0.226. The van der Waals surface area contributed by atoms with E-state index in [0.717, 1.165) is 36.2 Å². The van der Waals surface area contributed by atoms with Crippen molar-refractivity contribution in [2.45, 2.75) is 49.9 Å². The predicted molar refractivity (Wildman–Crippen MR) is 109 cm³/mol. The Bertz CT molecular complexity index is 962. The van der Waals surface area contributed by atoms with Crippen molar-refractivity contribution in [1.82, 2.24) is 15.2 Å². The van der Waals surface area contributed by atoms with Gasteiger partial charge in [-0.3, -0.25) is 9.89 Å². The van der Waals surface area contributed by atoms with E-state index in [9.17, 15) is 4.79 Å². The van der Waals surface area contributed by atoms with Crippen LogP contribution in [-0.2, 0) is 19.3 Å². The Balaban J connectivity index is 1.45. The average Bonchev–Trinajstić information content (AvgIpc) is 3.36. The largest absolute Gasteiger partial charge is 0.293 e. The summed E-state index contributed by atoms with van der Waals surface area (Å²) < 4.78 is 0. The molecule has 0 radical (unpaired) electrons. The summed E-state index contributed by atoms with van der Waals surface area (Å²) in [5.41, 5.74) is 5.81. The molecule has 1 N–H and O–H groups in total. The Morgan fingerprint density at radius 3 is 2.70 bits per heavy atom. The van der Waals surface area contributed by atoms with E-state index in [2.05, 4.69) is 46.4 Å².